The average molecular weight is 552 g/mol. The second kappa shape index (κ2) is 11.5. The number of imidazole rings is 1. The van der Waals surface area contributed by atoms with Gasteiger partial charge in [0.05, 0.1) is 18.9 Å². The summed E-state index contributed by atoms with van der Waals surface area (Å²) in [4.78, 5) is 14.9. The molecule has 1 fully saturated rings. The first-order chi connectivity index (χ1) is 14.4. The summed E-state index contributed by atoms with van der Waals surface area (Å²) >= 11 is 0. The molecule has 2 aromatic heterocycles. The van der Waals surface area contributed by atoms with E-state index in [1.54, 1.807) is 18.3 Å². The van der Waals surface area contributed by atoms with Crippen molar-refractivity contribution in [3.8, 4) is 5.88 Å². The van der Waals surface area contributed by atoms with Gasteiger partial charge in [-0.1, -0.05) is 13.0 Å². The zero-order chi connectivity index (χ0) is 21.6. The van der Waals surface area contributed by atoms with Crippen molar-refractivity contribution in [3.63, 3.8) is 0 Å². The van der Waals surface area contributed by atoms with Gasteiger partial charge in [-0.25, -0.2) is 15.0 Å². The quantitative estimate of drug-likeness (QED) is 0.335. The Bertz CT molecular complexity index is 831. The van der Waals surface area contributed by atoms with E-state index in [0.717, 1.165) is 25.5 Å². The molecule has 1 aliphatic heterocycles. The molecule has 1 N–H and O–H groups in total. The van der Waals surface area contributed by atoms with E-state index in [1.807, 2.05) is 19.4 Å². The lowest BCUT2D eigenvalue weighted by Crippen LogP contribution is -2.49. The highest BCUT2D eigenvalue weighted by molar-refractivity contribution is 14.0. The van der Waals surface area contributed by atoms with E-state index in [2.05, 4.69) is 36.7 Å². The molecule has 2 unspecified atom stereocenters. The van der Waals surface area contributed by atoms with Gasteiger partial charge < -0.3 is 19.5 Å². The van der Waals surface area contributed by atoms with Crippen molar-refractivity contribution in [2.75, 3.05) is 26.2 Å². The largest absolute Gasteiger partial charge is 0.468 e. The van der Waals surface area contributed by atoms with E-state index in [1.165, 1.54) is 6.20 Å². The predicted octanol–water partition coefficient (Wildman–Crippen LogP) is 3.89. The minimum Gasteiger partial charge on any atom is -0.468 e. The average Bonchev–Trinajstić information content (AvgIpc) is 3.25. The molecule has 31 heavy (non-hydrogen) atoms. The van der Waals surface area contributed by atoms with Crippen molar-refractivity contribution < 1.29 is 17.9 Å². The lowest BCUT2D eigenvalue weighted by molar-refractivity contribution is -0.154. The van der Waals surface area contributed by atoms with Crippen LogP contribution in [0.25, 0.3) is 0 Å². The van der Waals surface area contributed by atoms with Crippen LogP contribution in [0.5, 0.6) is 5.88 Å². The predicted molar refractivity (Wildman–Crippen MR) is 123 cm³/mol. The molecule has 2 aromatic rings. The normalized spacial score (nSPS) is 19.6. The van der Waals surface area contributed by atoms with Gasteiger partial charge in [-0.15, -0.1) is 24.0 Å². The first-order valence-electron chi connectivity index (χ1n) is 10.0. The Balaban J connectivity index is 0.00000341. The molecule has 3 rings (SSSR count). The molecule has 0 radical (unpaired) electrons. The number of aliphatic imine (C=N–C) groups is 1. The number of guanidine groups is 1. The number of rotatable bonds is 6. The Morgan fingerprint density at radius 3 is 2.84 bits per heavy atom. The zero-order valence-corrected chi connectivity index (χ0v) is 19.9. The lowest BCUT2D eigenvalue weighted by Gasteiger charge is -2.39. The summed E-state index contributed by atoms with van der Waals surface area (Å²) in [6.07, 6.45) is 3.56. The first-order valence-corrected chi connectivity index (χ1v) is 10.0. The molecule has 0 amide bonds. The van der Waals surface area contributed by atoms with Crippen LogP contribution >= 0.6 is 24.0 Å². The number of piperidine rings is 1. The van der Waals surface area contributed by atoms with E-state index >= 15 is 0 Å². The fraction of sp³-hybridized carbons (Fsp3) is 0.550. The maximum Gasteiger partial charge on any atom is 0.422 e. The van der Waals surface area contributed by atoms with Crippen molar-refractivity contribution in [1.29, 1.82) is 0 Å². The van der Waals surface area contributed by atoms with Gasteiger partial charge >= 0.3 is 6.18 Å². The van der Waals surface area contributed by atoms with Gasteiger partial charge in [-0.3, -0.25) is 0 Å². The SMILES string of the molecule is CCNC(=NCc1cccnc1OCC(F)(F)F)N1CCC(C)C(n2ccnc2)C1.I. The fourth-order valence-corrected chi connectivity index (χ4v) is 3.51. The van der Waals surface area contributed by atoms with Crippen LogP contribution in [0, 0.1) is 5.92 Å². The molecule has 0 saturated carbocycles. The highest BCUT2D eigenvalue weighted by Gasteiger charge is 2.30. The summed E-state index contributed by atoms with van der Waals surface area (Å²) in [6.45, 7) is 5.31. The molecule has 0 spiro atoms. The Morgan fingerprint density at radius 2 is 2.16 bits per heavy atom. The van der Waals surface area contributed by atoms with Gasteiger partial charge in [0.1, 0.15) is 0 Å². The lowest BCUT2D eigenvalue weighted by atomic mass is 9.93. The van der Waals surface area contributed by atoms with E-state index in [9.17, 15) is 13.2 Å². The topological polar surface area (TPSA) is 67.6 Å². The number of aromatic nitrogens is 3. The summed E-state index contributed by atoms with van der Waals surface area (Å²) < 4.78 is 44.5. The molecule has 1 saturated heterocycles. The number of nitrogens with one attached hydrogen (secondary N) is 1. The number of likely N-dealkylation sites (tertiary alicyclic amines) is 1. The minimum atomic E-state index is -4.42. The molecule has 172 valence electrons. The van der Waals surface area contributed by atoms with Crippen molar-refractivity contribution in [1.82, 2.24) is 24.8 Å². The smallest absolute Gasteiger partial charge is 0.422 e. The van der Waals surface area contributed by atoms with Crippen LogP contribution in [0.4, 0.5) is 13.2 Å². The highest BCUT2D eigenvalue weighted by Crippen LogP contribution is 2.27. The van der Waals surface area contributed by atoms with Crippen LogP contribution in [-0.2, 0) is 6.54 Å². The zero-order valence-electron chi connectivity index (χ0n) is 17.5. The van der Waals surface area contributed by atoms with Gasteiger partial charge in [0.25, 0.3) is 0 Å². The Morgan fingerprint density at radius 1 is 1.35 bits per heavy atom. The molecule has 0 aliphatic carbocycles. The van der Waals surface area contributed by atoms with Gasteiger partial charge in [-0.2, -0.15) is 13.2 Å². The summed E-state index contributed by atoms with van der Waals surface area (Å²) in [5.41, 5.74) is 0.508. The maximum absolute atomic E-state index is 12.5. The molecule has 7 nitrogen and oxygen atoms in total. The maximum atomic E-state index is 12.5. The van der Waals surface area contributed by atoms with Gasteiger partial charge in [0, 0.05) is 43.8 Å². The summed E-state index contributed by atoms with van der Waals surface area (Å²) in [7, 11) is 0. The van der Waals surface area contributed by atoms with Crippen LogP contribution < -0.4 is 10.1 Å². The van der Waals surface area contributed by atoms with Gasteiger partial charge in [0.2, 0.25) is 5.88 Å². The number of hydrogen-bond donors (Lipinski definition) is 1. The van der Waals surface area contributed by atoms with Crippen LogP contribution in [0.2, 0.25) is 0 Å². The van der Waals surface area contributed by atoms with E-state index in [4.69, 9.17) is 4.74 Å². The third-order valence-electron chi connectivity index (χ3n) is 5.08. The Hall–Kier alpha value is -2.05. The number of ether oxygens (including phenoxy) is 1. The number of pyridine rings is 1. The van der Waals surface area contributed by atoms with Gasteiger partial charge in [-0.05, 0) is 25.3 Å². The second-order valence-electron chi connectivity index (χ2n) is 7.33. The molecule has 1 aliphatic rings. The highest BCUT2D eigenvalue weighted by atomic mass is 127. The van der Waals surface area contributed by atoms with E-state index in [0.29, 0.717) is 18.0 Å². The molecule has 0 aromatic carbocycles. The molecular weight excluding hydrogens is 524 g/mol. The minimum absolute atomic E-state index is 0. The van der Waals surface area contributed by atoms with Gasteiger partial charge in [0.15, 0.2) is 12.6 Å². The van der Waals surface area contributed by atoms with Crippen LogP contribution in [-0.4, -0.2) is 57.8 Å². The summed E-state index contributed by atoms with van der Waals surface area (Å²) in [5, 5.41) is 3.29. The van der Waals surface area contributed by atoms with Crippen molar-refractivity contribution in [2.45, 2.75) is 39.0 Å². The standard InChI is InChI=1S/C20H27F3N6O.HI/c1-3-25-19(28-9-6-15(2)17(12-28)29-10-8-24-14-29)27-11-16-5-4-7-26-18(16)30-13-20(21,22)23;/h4-5,7-8,10,14-15,17H,3,6,9,11-13H2,1-2H3,(H,25,27);1H. The van der Waals surface area contributed by atoms with E-state index in [-0.39, 0.29) is 42.4 Å². The molecule has 3 heterocycles. The number of hydrogen-bond acceptors (Lipinski definition) is 4. The summed E-state index contributed by atoms with van der Waals surface area (Å²) in [6, 6.07) is 3.61. The molecule has 11 heteroatoms. The fourth-order valence-electron chi connectivity index (χ4n) is 3.51. The van der Waals surface area contributed by atoms with E-state index < -0.39 is 12.8 Å². The van der Waals surface area contributed by atoms with Crippen molar-refractivity contribution >= 4 is 29.9 Å². The van der Waals surface area contributed by atoms with Crippen molar-refractivity contribution in [3.05, 3.63) is 42.6 Å². The summed E-state index contributed by atoms with van der Waals surface area (Å²) in [5.74, 6) is 1.18. The molecule has 0 bridgehead atoms. The third kappa shape index (κ3) is 7.25. The van der Waals surface area contributed by atoms with Crippen LogP contribution in [0.15, 0.2) is 42.0 Å². The number of halogens is 4. The number of alkyl halides is 3. The van der Waals surface area contributed by atoms with Crippen molar-refractivity contribution in [2.24, 2.45) is 10.9 Å². The molecular formula is C20H28F3IN6O. The van der Waals surface area contributed by atoms with Crippen LogP contribution in [0.3, 0.4) is 0 Å². The Labute approximate surface area is 197 Å². The first kappa shape index (κ1) is 25.2. The molecule has 2 atom stereocenters. The monoisotopic (exact) mass is 552 g/mol. The third-order valence-corrected chi connectivity index (χ3v) is 5.08. The Kier molecular flexibility index (Phi) is 9.38. The van der Waals surface area contributed by atoms with Crippen LogP contribution in [0.1, 0.15) is 31.9 Å². The second-order valence-corrected chi connectivity index (χ2v) is 7.33. The number of nitrogens with zero attached hydrogens (tertiary/aromatic N) is 5.